The van der Waals surface area contributed by atoms with Gasteiger partial charge in [-0.15, -0.1) is 0 Å². The summed E-state index contributed by atoms with van der Waals surface area (Å²) in [4.78, 5) is 4.25. The normalized spacial score (nSPS) is 10.4. The van der Waals surface area contributed by atoms with Gasteiger partial charge < -0.3 is 19.5 Å². The summed E-state index contributed by atoms with van der Waals surface area (Å²) in [5.41, 5.74) is 0.973. The standard InChI is InChI=1S/C11H18N2O3/c1-14-6-5-12-7-10-3-4-11(8-13-10)16-9-15-2/h3-4,8,12H,5-7,9H2,1-2H3. The fraction of sp³-hybridized carbons (Fsp3) is 0.545. The topological polar surface area (TPSA) is 52.6 Å². The summed E-state index contributed by atoms with van der Waals surface area (Å²) in [7, 11) is 3.27. The molecule has 1 aromatic heterocycles. The minimum atomic E-state index is 0.243. The minimum absolute atomic E-state index is 0.243. The largest absolute Gasteiger partial charge is 0.466 e. The Labute approximate surface area is 95.7 Å². The molecule has 5 nitrogen and oxygen atoms in total. The lowest BCUT2D eigenvalue weighted by Gasteiger charge is -2.06. The third-order valence-corrected chi connectivity index (χ3v) is 1.93. The first-order valence-electron chi connectivity index (χ1n) is 5.13. The summed E-state index contributed by atoms with van der Waals surface area (Å²) < 4.78 is 14.9. The molecule has 0 spiro atoms. The summed E-state index contributed by atoms with van der Waals surface area (Å²) in [5, 5.41) is 3.21. The summed E-state index contributed by atoms with van der Waals surface area (Å²) in [5.74, 6) is 0.711. The van der Waals surface area contributed by atoms with E-state index in [1.165, 1.54) is 0 Å². The van der Waals surface area contributed by atoms with Crippen LogP contribution < -0.4 is 10.1 Å². The quantitative estimate of drug-likeness (QED) is 0.525. The van der Waals surface area contributed by atoms with E-state index < -0.39 is 0 Å². The second kappa shape index (κ2) is 8.04. The molecular formula is C11H18N2O3. The smallest absolute Gasteiger partial charge is 0.188 e. The number of nitrogens with zero attached hydrogens (tertiary/aromatic N) is 1. The Balaban J connectivity index is 2.27. The van der Waals surface area contributed by atoms with Gasteiger partial charge >= 0.3 is 0 Å². The third kappa shape index (κ3) is 5.06. The van der Waals surface area contributed by atoms with Crippen LogP contribution in [0.4, 0.5) is 0 Å². The molecule has 90 valence electrons. The van der Waals surface area contributed by atoms with E-state index in [4.69, 9.17) is 14.2 Å². The van der Waals surface area contributed by atoms with Gasteiger partial charge in [0, 0.05) is 27.3 Å². The fourth-order valence-corrected chi connectivity index (χ4v) is 1.12. The molecule has 0 amide bonds. The first-order valence-corrected chi connectivity index (χ1v) is 5.13. The lowest BCUT2D eigenvalue weighted by molar-refractivity contribution is 0.0508. The van der Waals surface area contributed by atoms with Crippen molar-refractivity contribution in [1.29, 1.82) is 0 Å². The van der Waals surface area contributed by atoms with Crippen molar-refractivity contribution in [3.05, 3.63) is 24.0 Å². The van der Waals surface area contributed by atoms with Crippen molar-refractivity contribution in [2.45, 2.75) is 6.54 Å². The number of rotatable bonds is 8. The van der Waals surface area contributed by atoms with Crippen molar-refractivity contribution in [2.24, 2.45) is 0 Å². The Kier molecular flexibility index (Phi) is 6.48. The van der Waals surface area contributed by atoms with Crippen LogP contribution in [0.25, 0.3) is 0 Å². The van der Waals surface area contributed by atoms with E-state index in [0.29, 0.717) is 12.4 Å². The molecule has 0 saturated carbocycles. The van der Waals surface area contributed by atoms with Gasteiger partial charge in [-0.05, 0) is 12.1 Å². The minimum Gasteiger partial charge on any atom is -0.466 e. The van der Waals surface area contributed by atoms with Gasteiger partial charge in [0.2, 0.25) is 0 Å². The molecule has 1 heterocycles. The molecular weight excluding hydrogens is 208 g/mol. The van der Waals surface area contributed by atoms with Crippen molar-refractivity contribution in [2.75, 3.05) is 34.2 Å². The first-order chi connectivity index (χ1) is 7.86. The number of methoxy groups -OCH3 is 2. The highest BCUT2D eigenvalue weighted by Gasteiger charge is 1.96. The Morgan fingerprint density at radius 2 is 2.12 bits per heavy atom. The molecule has 0 bridgehead atoms. The highest BCUT2D eigenvalue weighted by molar-refractivity contribution is 5.19. The molecule has 0 atom stereocenters. The van der Waals surface area contributed by atoms with Crippen molar-refractivity contribution < 1.29 is 14.2 Å². The van der Waals surface area contributed by atoms with E-state index in [0.717, 1.165) is 18.8 Å². The molecule has 0 aliphatic carbocycles. The van der Waals surface area contributed by atoms with E-state index in [1.807, 2.05) is 12.1 Å². The Morgan fingerprint density at radius 1 is 1.25 bits per heavy atom. The number of nitrogens with one attached hydrogen (secondary N) is 1. The Bertz CT molecular complexity index is 277. The molecule has 0 saturated heterocycles. The fourth-order valence-electron chi connectivity index (χ4n) is 1.12. The predicted octanol–water partition coefficient (Wildman–Crippen LogP) is 0.800. The average Bonchev–Trinajstić information content (AvgIpc) is 2.33. The van der Waals surface area contributed by atoms with E-state index >= 15 is 0 Å². The van der Waals surface area contributed by atoms with E-state index in [9.17, 15) is 0 Å². The SMILES string of the molecule is COCCNCc1ccc(OCOC)cn1. The Morgan fingerprint density at radius 3 is 2.75 bits per heavy atom. The van der Waals surface area contributed by atoms with E-state index in [2.05, 4.69) is 10.3 Å². The maximum atomic E-state index is 5.23. The lowest BCUT2D eigenvalue weighted by Crippen LogP contribution is -2.19. The maximum Gasteiger partial charge on any atom is 0.188 e. The zero-order valence-corrected chi connectivity index (χ0v) is 9.73. The summed E-state index contributed by atoms with van der Waals surface area (Å²) >= 11 is 0. The van der Waals surface area contributed by atoms with Gasteiger partial charge in [-0.2, -0.15) is 0 Å². The van der Waals surface area contributed by atoms with Crippen LogP contribution in [0.3, 0.4) is 0 Å². The van der Waals surface area contributed by atoms with Crippen LogP contribution in [0.2, 0.25) is 0 Å². The molecule has 1 aromatic rings. The molecule has 0 aliphatic heterocycles. The van der Waals surface area contributed by atoms with Crippen LogP contribution in [0.5, 0.6) is 5.75 Å². The first kappa shape index (κ1) is 12.9. The monoisotopic (exact) mass is 226 g/mol. The van der Waals surface area contributed by atoms with E-state index in [-0.39, 0.29) is 6.79 Å². The number of hydrogen-bond donors (Lipinski definition) is 1. The van der Waals surface area contributed by atoms with Crippen LogP contribution in [0.1, 0.15) is 5.69 Å². The van der Waals surface area contributed by atoms with Crippen LogP contribution in [0, 0.1) is 0 Å². The molecule has 0 unspecified atom stereocenters. The highest BCUT2D eigenvalue weighted by atomic mass is 16.7. The summed E-state index contributed by atoms with van der Waals surface area (Å²) in [6.45, 7) is 2.50. The molecule has 1 N–H and O–H groups in total. The van der Waals surface area contributed by atoms with Gasteiger partial charge in [-0.1, -0.05) is 0 Å². The molecule has 0 aliphatic rings. The maximum absolute atomic E-state index is 5.23. The molecule has 1 rings (SSSR count). The second-order valence-corrected chi connectivity index (χ2v) is 3.21. The molecule has 16 heavy (non-hydrogen) atoms. The number of pyridine rings is 1. The molecule has 0 radical (unpaired) electrons. The van der Waals surface area contributed by atoms with Crippen molar-refractivity contribution in [1.82, 2.24) is 10.3 Å². The average molecular weight is 226 g/mol. The van der Waals surface area contributed by atoms with Crippen LogP contribution in [-0.2, 0) is 16.0 Å². The van der Waals surface area contributed by atoms with Gasteiger partial charge in [-0.25, -0.2) is 0 Å². The third-order valence-electron chi connectivity index (χ3n) is 1.93. The van der Waals surface area contributed by atoms with Crippen LogP contribution in [-0.4, -0.2) is 39.1 Å². The van der Waals surface area contributed by atoms with E-state index in [1.54, 1.807) is 20.4 Å². The number of aromatic nitrogens is 1. The van der Waals surface area contributed by atoms with Crippen molar-refractivity contribution in [3.8, 4) is 5.75 Å². The summed E-state index contributed by atoms with van der Waals surface area (Å²) in [6, 6.07) is 3.80. The van der Waals surface area contributed by atoms with Gasteiger partial charge in [0.25, 0.3) is 0 Å². The van der Waals surface area contributed by atoms with Crippen LogP contribution in [0.15, 0.2) is 18.3 Å². The highest BCUT2D eigenvalue weighted by Crippen LogP contribution is 2.08. The lowest BCUT2D eigenvalue weighted by atomic mass is 10.3. The second-order valence-electron chi connectivity index (χ2n) is 3.21. The van der Waals surface area contributed by atoms with Crippen molar-refractivity contribution >= 4 is 0 Å². The summed E-state index contributed by atoms with van der Waals surface area (Å²) in [6.07, 6.45) is 1.69. The molecule has 5 heteroatoms. The van der Waals surface area contributed by atoms with Crippen LogP contribution >= 0.6 is 0 Å². The van der Waals surface area contributed by atoms with Gasteiger partial charge in [-0.3, -0.25) is 4.98 Å². The zero-order valence-electron chi connectivity index (χ0n) is 9.73. The van der Waals surface area contributed by atoms with Gasteiger partial charge in [0.15, 0.2) is 6.79 Å². The van der Waals surface area contributed by atoms with Crippen molar-refractivity contribution in [3.63, 3.8) is 0 Å². The van der Waals surface area contributed by atoms with Gasteiger partial charge in [0.05, 0.1) is 18.5 Å². The molecule has 0 aromatic carbocycles. The predicted molar refractivity (Wildman–Crippen MR) is 60.3 cm³/mol. The Hall–Kier alpha value is -1.17. The zero-order chi connectivity index (χ0) is 11.6. The molecule has 0 fully saturated rings. The number of ether oxygens (including phenoxy) is 3. The van der Waals surface area contributed by atoms with Gasteiger partial charge in [0.1, 0.15) is 5.75 Å². The number of hydrogen-bond acceptors (Lipinski definition) is 5.